The first-order chi connectivity index (χ1) is 9.10. The zero-order valence-electron chi connectivity index (χ0n) is 10.4. The maximum Gasteiger partial charge on any atom is 0.132 e. The molecule has 2 aromatic carbocycles. The fourth-order valence-corrected chi connectivity index (χ4v) is 2.22. The Balaban J connectivity index is 2.15. The molecular formula is C15H14FIO2. The van der Waals surface area contributed by atoms with Crippen molar-refractivity contribution in [1.82, 2.24) is 0 Å². The van der Waals surface area contributed by atoms with Crippen molar-refractivity contribution >= 4 is 22.6 Å². The standard InChI is InChI=1S/C15H14FIO2/c1-19-12-6-7-13(14(16)9-12)15(18)8-10-2-4-11(17)5-3-10/h2-7,9,15,18H,8H2,1H3. The predicted octanol–water partition coefficient (Wildman–Crippen LogP) is 3.72. The van der Waals surface area contributed by atoms with E-state index < -0.39 is 11.9 Å². The molecule has 0 aliphatic carbocycles. The Hall–Kier alpha value is -1.14. The van der Waals surface area contributed by atoms with Crippen molar-refractivity contribution in [3.8, 4) is 5.75 Å². The van der Waals surface area contributed by atoms with Crippen LogP contribution in [0.2, 0.25) is 0 Å². The van der Waals surface area contributed by atoms with Crippen molar-refractivity contribution in [2.24, 2.45) is 0 Å². The molecule has 0 fully saturated rings. The van der Waals surface area contributed by atoms with Crippen LogP contribution in [0, 0.1) is 9.39 Å². The third-order valence-corrected chi connectivity index (χ3v) is 3.63. The minimum absolute atomic E-state index is 0.291. The first kappa shape index (κ1) is 14.3. The van der Waals surface area contributed by atoms with Gasteiger partial charge in [0.2, 0.25) is 0 Å². The Bertz CT molecular complexity index is 555. The van der Waals surface area contributed by atoms with Crippen molar-refractivity contribution in [2.75, 3.05) is 7.11 Å². The highest BCUT2D eigenvalue weighted by Crippen LogP contribution is 2.24. The second kappa shape index (κ2) is 6.34. The molecule has 2 rings (SSSR count). The highest BCUT2D eigenvalue weighted by Gasteiger charge is 2.14. The van der Waals surface area contributed by atoms with Gasteiger partial charge in [-0.1, -0.05) is 12.1 Å². The Morgan fingerprint density at radius 1 is 1.21 bits per heavy atom. The summed E-state index contributed by atoms with van der Waals surface area (Å²) >= 11 is 2.22. The third kappa shape index (κ3) is 3.67. The molecule has 1 N–H and O–H groups in total. The second-order valence-corrected chi connectivity index (χ2v) is 5.48. The van der Waals surface area contributed by atoms with Crippen LogP contribution >= 0.6 is 22.6 Å². The quantitative estimate of drug-likeness (QED) is 0.830. The molecule has 0 heterocycles. The SMILES string of the molecule is COc1ccc(C(O)Cc2ccc(I)cc2)c(F)c1. The molecule has 100 valence electrons. The smallest absolute Gasteiger partial charge is 0.132 e. The summed E-state index contributed by atoms with van der Waals surface area (Å²) < 4.78 is 19.9. The van der Waals surface area contributed by atoms with E-state index in [1.807, 2.05) is 24.3 Å². The zero-order valence-corrected chi connectivity index (χ0v) is 12.6. The number of hydrogen-bond donors (Lipinski definition) is 1. The Labute approximate surface area is 125 Å². The number of halogens is 2. The summed E-state index contributed by atoms with van der Waals surface area (Å²) in [5.74, 6) is 0.0000708. The molecule has 0 saturated heterocycles. The van der Waals surface area contributed by atoms with Crippen LogP contribution < -0.4 is 4.74 Å². The summed E-state index contributed by atoms with van der Waals surface area (Å²) in [4.78, 5) is 0. The van der Waals surface area contributed by atoms with Gasteiger partial charge in [0.05, 0.1) is 13.2 Å². The van der Waals surface area contributed by atoms with Crippen LogP contribution in [-0.2, 0) is 6.42 Å². The molecule has 0 aliphatic heterocycles. The highest BCUT2D eigenvalue weighted by atomic mass is 127. The van der Waals surface area contributed by atoms with Gasteiger partial charge in [0.25, 0.3) is 0 Å². The summed E-state index contributed by atoms with van der Waals surface area (Å²) in [6.45, 7) is 0. The molecule has 0 amide bonds. The lowest BCUT2D eigenvalue weighted by Crippen LogP contribution is -2.04. The van der Waals surface area contributed by atoms with E-state index in [0.717, 1.165) is 9.13 Å². The summed E-state index contributed by atoms with van der Waals surface area (Å²) in [7, 11) is 1.48. The van der Waals surface area contributed by atoms with Crippen molar-refractivity contribution in [3.63, 3.8) is 0 Å². The fraction of sp³-hybridized carbons (Fsp3) is 0.200. The van der Waals surface area contributed by atoms with Gasteiger partial charge in [0, 0.05) is 21.6 Å². The van der Waals surface area contributed by atoms with E-state index in [9.17, 15) is 9.50 Å². The van der Waals surface area contributed by atoms with Gasteiger partial charge >= 0.3 is 0 Å². The summed E-state index contributed by atoms with van der Waals surface area (Å²) in [6.07, 6.45) is -0.467. The molecule has 0 radical (unpaired) electrons. The number of rotatable bonds is 4. The summed E-state index contributed by atoms with van der Waals surface area (Å²) in [6, 6.07) is 12.3. The molecule has 4 heteroatoms. The molecule has 19 heavy (non-hydrogen) atoms. The molecule has 0 bridgehead atoms. The predicted molar refractivity (Wildman–Crippen MR) is 80.8 cm³/mol. The number of methoxy groups -OCH3 is 1. The van der Waals surface area contributed by atoms with E-state index in [0.29, 0.717) is 17.7 Å². The van der Waals surface area contributed by atoms with Crippen LogP contribution in [0.3, 0.4) is 0 Å². The van der Waals surface area contributed by atoms with Gasteiger partial charge in [0.1, 0.15) is 11.6 Å². The van der Waals surface area contributed by atoms with Crippen molar-refractivity contribution < 1.29 is 14.2 Å². The van der Waals surface area contributed by atoms with E-state index in [4.69, 9.17) is 4.74 Å². The van der Waals surface area contributed by atoms with Crippen LogP contribution in [-0.4, -0.2) is 12.2 Å². The number of hydrogen-bond acceptors (Lipinski definition) is 2. The largest absolute Gasteiger partial charge is 0.497 e. The minimum atomic E-state index is -0.856. The van der Waals surface area contributed by atoms with Crippen molar-refractivity contribution in [1.29, 1.82) is 0 Å². The van der Waals surface area contributed by atoms with Gasteiger partial charge in [-0.05, 0) is 52.4 Å². The number of aliphatic hydroxyl groups is 1. The first-order valence-corrected chi connectivity index (χ1v) is 6.94. The highest BCUT2D eigenvalue weighted by molar-refractivity contribution is 14.1. The van der Waals surface area contributed by atoms with E-state index in [1.165, 1.54) is 13.2 Å². The second-order valence-electron chi connectivity index (χ2n) is 4.23. The van der Waals surface area contributed by atoms with E-state index in [2.05, 4.69) is 22.6 Å². The molecule has 0 saturated carbocycles. The average Bonchev–Trinajstić information content (AvgIpc) is 2.41. The first-order valence-electron chi connectivity index (χ1n) is 5.86. The van der Waals surface area contributed by atoms with Crippen molar-refractivity contribution in [2.45, 2.75) is 12.5 Å². The van der Waals surface area contributed by atoms with Crippen LogP contribution in [0.5, 0.6) is 5.75 Å². The molecule has 0 spiro atoms. The van der Waals surface area contributed by atoms with Crippen molar-refractivity contribution in [3.05, 3.63) is 63.0 Å². The molecule has 0 aromatic heterocycles. The Morgan fingerprint density at radius 2 is 1.89 bits per heavy atom. The summed E-state index contributed by atoms with van der Waals surface area (Å²) in [5.41, 5.74) is 1.27. The van der Waals surface area contributed by atoms with Gasteiger partial charge in [0.15, 0.2) is 0 Å². The Kier molecular flexibility index (Phi) is 4.76. The topological polar surface area (TPSA) is 29.5 Å². The van der Waals surface area contributed by atoms with Gasteiger partial charge in [-0.3, -0.25) is 0 Å². The molecule has 2 nitrogen and oxygen atoms in total. The average molecular weight is 372 g/mol. The van der Waals surface area contributed by atoms with Gasteiger partial charge in [-0.2, -0.15) is 0 Å². The molecule has 1 atom stereocenters. The lowest BCUT2D eigenvalue weighted by molar-refractivity contribution is 0.173. The molecule has 0 aliphatic rings. The number of aliphatic hydroxyl groups excluding tert-OH is 1. The fourth-order valence-electron chi connectivity index (χ4n) is 1.86. The zero-order chi connectivity index (χ0) is 13.8. The summed E-state index contributed by atoms with van der Waals surface area (Å²) in [5, 5.41) is 10.1. The van der Waals surface area contributed by atoms with E-state index >= 15 is 0 Å². The molecule has 2 aromatic rings. The number of ether oxygens (including phenoxy) is 1. The maximum absolute atomic E-state index is 13.8. The molecular weight excluding hydrogens is 358 g/mol. The molecule has 1 unspecified atom stereocenters. The van der Waals surface area contributed by atoms with Crippen LogP contribution in [0.4, 0.5) is 4.39 Å². The van der Waals surface area contributed by atoms with E-state index in [-0.39, 0.29) is 0 Å². The monoisotopic (exact) mass is 372 g/mol. The van der Waals surface area contributed by atoms with Gasteiger partial charge in [-0.25, -0.2) is 4.39 Å². The number of benzene rings is 2. The lowest BCUT2D eigenvalue weighted by atomic mass is 10.0. The minimum Gasteiger partial charge on any atom is -0.497 e. The van der Waals surface area contributed by atoms with Gasteiger partial charge in [-0.15, -0.1) is 0 Å². The van der Waals surface area contributed by atoms with E-state index in [1.54, 1.807) is 12.1 Å². The van der Waals surface area contributed by atoms with Crippen LogP contribution in [0.1, 0.15) is 17.2 Å². The third-order valence-electron chi connectivity index (χ3n) is 2.91. The van der Waals surface area contributed by atoms with Crippen LogP contribution in [0.25, 0.3) is 0 Å². The normalized spacial score (nSPS) is 12.2. The lowest BCUT2D eigenvalue weighted by Gasteiger charge is -2.13. The maximum atomic E-state index is 13.8. The van der Waals surface area contributed by atoms with Gasteiger partial charge < -0.3 is 9.84 Å². The van der Waals surface area contributed by atoms with Crippen LogP contribution in [0.15, 0.2) is 42.5 Å². The Morgan fingerprint density at radius 3 is 2.47 bits per heavy atom.